The van der Waals surface area contributed by atoms with E-state index in [0.717, 1.165) is 15.1 Å². The van der Waals surface area contributed by atoms with Gasteiger partial charge in [0.25, 0.3) is 34.6 Å². The molecule has 53 heavy (non-hydrogen) atoms. The zero-order valence-corrected chi connectivity index (χ0v) is 28.1. The number of nitrogens with one attached hydrogen (secondary N) is 6. The van der Waals surface area contributed by atoms with Gasteiger partial charge in [-0.05, 0) is 60.2 Å². The molecule has 0 radical (unpaired) electrons. The fourth-order valence-electron chi connectivity index (χ4n) is 4.91. The van der Waals surface area contributed by atoms with Crippen molar-refractivity contribution in [2.24, 2.45) is 0 Å². The number of benzene rings is 3. The summed E-state index contributed by atoms with van der Waals surface area (Å²) in [5.41, 5.74) is -1.40. The van der Waals surface area contributed by atoms with Gasteiger partial charge in [-0.1, -0.05) is 59.6 Å². The topological polar surface area (TPSA) is 251 Å². The van der Waals surface area contributed by atoms with Crippen LogP contribution in [0.15, 0.2) is 94.5 Å². The lowest BCUT2D eigenvalue weighted by Gasteiger charge is -2.13. The van der Waals surface area contributed by atoms with E-state index in [0.29, 0.717) is 27.0 Å². The highest BCUT2D eigenvalue weighted by molar-refractivity contribution is 6.31. The Kier molecular flexibility index (Phi) is 9.39. The van der Waals surface area contributed by atoms with E-state index in [1.54, 1.807) is 78.9 Å². The Hall–Kier alpha value is -7.25. The number of hydrogen-bond acceptors (Lipinski definition) is 11. The van der Waals surface area contributed by atoms with Crippen LogP contribution >= 0.6 is 23.2 Å². The number of nitrogens with zero attached hydrogens (tertiary/aromatic N) is 8. The van der Waals surface area contributed by atoms with Crippen LogP contribution in [0.2, 0.25) is 10.0 Å². The number of urea groups is 2. The first-order valence-electron chi connectivity index (χ1n) is 15.3. The Balaban J connectivity index is 1.27. The largest absolute Gasteiger partial charge is 0.326 e. The summed E-state index contributed by atoms with van der Waals surface area (Å²) in [5, 5.41) is 35.1. The number of aromatic nitrogens is 10. The van der Waals surface area contributed by atoms with Crippen LogP contribution in [0.4, 0.5) is 32.9 Å². The molecule has 4 aromatic heterocycles. The van der Waals surface area contributed by atoms with Gasteiger partial charge < -0.3 is 10.6 Å². The zero-order valence-electron chi connectivity index (χ0n) is 26.6. The normalized spacial score (nSPS) is 11.3. The molecule has 264 valence electrons. The molecule has 0 aliphatic carbocycles. The first-order valence-corrected chi connectivity index (χ1v) is 16.0. The molecule has 0 fully saturated rings. The lowest BCUT2D eigenvalue weighted by atomic mass is 9.96. The van der Waals surface area contributed by atoms with Crippen LogP contribution in [0.3, 0.4) is 0 Å². The van der Waals surface area contributed by atoms with E-state index in [9.17, 15) is 24.0 Å². The molecule has 4 amide bonds. The molecule has 0 atom stereocenters. The third-order valence-electron chi connectivity index (χ3n) is 7.34. The molecule has 0 unspecified atom stereocenters. The second kappa shape index (κ2) is 14.5. The third kappa shape index (κ3) is 7.60. The third-order valence-corrected chi connectivity index (χ3v) is 7.84. The molecule has 0 spiro atoms. The summed E-state index contributed by atoms with van der Waals surface area (Å²) in [7, 11) is 0. The van der Waals surface area contributed by atoms with Crippen molar-refractivity contribution >= 4 is 82.0 Å². The molecule has 7 aromatic rings. The van der Waals surface area contributed by atoms with Crippen LogP contribution in [-0.4, -0.2) is 67.4 Å². The van der Waals surface area contributed by atoms with Crippen molar-refractivity contribution in [3.63, 3.8) is 0 Å². The predicted octanol–water partition coefficient (Wildman–Crippen LogP) is 3.95. The van der Waals surface area contributed by atoms with Crippen LogP contribution in [0, 0.1) is 0 Å². The summed E-state index contributed by atoms with van der Waals surface area (Å²) < 4.78 is 1.94. The molecule has 7 rings (SSSR count). The number of carbonyl (C=O) groups excluding carboxylic acids is 3. The Morgan fingerprint density at radius 3 is 1.53 bits per heavy atom. The predicted molar refractivity (Wildman–Crippen MR) is 193 cm³/mol. The average molecular weight is 754 g/mol. The molecule has 6 N–H and O–H groups in total. The molecule has 0 saturated carbocycles. The van der Waals surface area contributed by atoms with Crippen molar-refractivity contribution in [1.82, 2.24) is 49.6 Å². The number of amides is 4. The van der Waals surface area contributed by atoms with E-state index < -0.39 is 46.3 Å². The van der Waals surface area contributed by atoms with Crippen molar-refractivity contribution in [3.05, 3.63) is 133 Å². The average Bonchev–Trinajstić information content (AvgIpc) is 3.71. The number of carbonyl (C=O) groups is 3. The van der Waals surface area contributed by atoms with Crippen LogP contribution in [0.1, 0.15) is 22.9 Å². The second-order valence-corrected chi connectivity index (χ2v) is 11.8. The molecule has 0 bridgehead atoms. The number of rotatable bonds is 9. The Morgan fingerprint density at radius 1 is 0.623 bits per heavy atom. The first-order chi connectivity index (χ1) is 25.6. The maximum absolute atomic E-state index is 14.0. The summed E-state index contributed by atoms with van der Waals surface area (Å²) in [6.07, 6.45) is 2.64. The molecule has 4 heterocycles. The maximum Gasteiger partial charge on any atom is 0.326 e. The molecular formula is C32H22Cl2N14O5. The zero-order chi connectivity index (χ0) is 37.1. The first kappa shape index (κ1) is 34.2. The molecule has 0 saturated heterocycles. The Morgan fingerprint density at radius 2 is 1.08 bits per heavy atom. The fourth-order valence-corrected chi connectivity index (χ4v) is 5.16. The highest BCUT2D eigenvalue weighted by Crippen LogP contribution is 2.21. The number of H-pyrrole nitrogens is 2. The number of halogens is 2. The molecule has 21 heteroatoms. The lowest BCUT2D eigenvalue weighted by Crippen LogP contribution is -2.32. The molecule has 0 aliphatic heterocycles. The monoisotopic (exact) mass is 752 g/mol. The minimum Gasteiger partial charge on any atom is -0.308 e. The van der Waals surface area contributed by atoms with Gasteiger partial charge in [-0.2, -0.15) is 19.2 Å². The smallest absolute Gasteiger partial charge is 0.308 e. The van der Waals surface area contributed by atoms with Gasteiger partial charge in [0.15, 0.2) is 5.78 Å². The Bertz CT molecular complexity index is 2500. The highest BCUT2D eigenvalue weighted by Gasteiger charge is 2.32. The molecule has 19 nitrogen and oxygen atoms in total. The van der Waals surface area contributed by atoms with Crippen molar-refractivity contribution in [2.75, 3.05) is 21.3 Å². The van der Waals surface area contributed by atoms with Crippen molar-refractivity contribution in [2.45, 2.75) is 5.92 Å². The number of ketones is 1. The highest BCUT2D eigenvalue weighted by atomic mass is 35.5. The van der Waals surface area contributed by atoms with Gasteiger partial charge >= 0.3 is 12.1 Å². The molecular weight excluding hydrogens is 731 g/mol. The molecule has 3 aromatic carbocycles. The van der Waals surface area contributed by atoms with Gasteiger partial charge in [0.2, 0.25) is 0 Å². The SMILES string of the molecule is O=C(Nc1ccc(Cl)cc1)Nc1nnc2[nH]c(=O)c(C(C(=O)C=Cc3ccccc3)c3nn4c(NC(=O)Nc5ccc(Cl)cc5)nnc4[nH]c3=O)nn12. The van der Waals surface area contributed by atoms with Crippen LogP contribution < -0.4 is 32.4 Å². The van der Waals surface area contributed by atoms with E-state index >= 15 is 0 Å². The number of aromatic amines is 2. The number of anilines is 4. The van der Waals surface area contributed by atoms with E-state index in [1.165, 1.54) is 6.08 Å². The van der Waals surface area contributed by atoms with Crippen LogP contribution in [0.25, 0.3) is 17.6 Å². The maximum atomic E-state index is 14.0. The van der Waals surface area contributed by atoms with Gasteiger partial charge in [0.1, 0.15) is 17.3 Å². The van der Waals surface area contributed by atoms with E-state index in [4.69, 9.17) is 23.2 Å². The Labute approximate surface area is 305 Å². The molecule has 0 aliphatic rings. The standard InChI is InChI=1S/C32H22Cl2N14O5/c33-17-7-11-19(12-8-17)35-31(52)39-29-43-41-27-37-25(50)23(45-47(27)29)22(21(49)15-6-16-4-2-1-3-5-16)24-26(51)38-28-42-44-30(48(28)46-24)40-32(53)36-20-13-9-18(34)10-14-20/h1-15,22H,(H,37,41,50)(H,38,42,51)(H2,35,39,43,52)(H2,36,40,44,53). The summed E-state index contributed by atoms with van der Waals surface area (Å²) in [6, 6.07) is 19.9. The number of fused-ring (bicyclic) bond motifs is 2. The lowest BCUT2D eigenvalue weighted by molar-refractivity contribution is -0.115. The van der Waals surface area contributed by atoms with Crippen LogP contribution in [0.5, 0.6) is 0 Å². The van der Waals surface area contributed by atoms with Gasteiger partial charge in [0, 0.05) is 21.4 Å². The summed E-state index contributed by atoms with van der Waals surface area (Å²) in [6.45, 7) is 0. The van der Waals surface area contributed by atoms with Crippen molar-refractivity contribution in [3.8, 4) is 0 Å². The van der Waals surface area contributed by atoms with E-state index in [2.05, 4.69) is 61.8 Å². The van der Waals surface area contributed by atoms with Gasteiger partial charge in [-0.3, -0.25) is 35.0 Å². The number of hydrogen-bond donors (Lipinski definition) is 6. The minimum absolute atomic E-state index is 0.194. The fraction of sp³-hybridized carbons (Fsp3) is 0.0312. The van der Waals surface area contributed by atoms with Gasteiger partial charge in [-0.25, -0.2) is 9.59 Å². The number of allylic oxidation sites excluding steroid dienone is 1. The minimum atomic E-state index is -1.76. The van der Waals surface area contributed by atoms with E-state index in [-0.39, 0.29) is 23.5 Å². The second-order valence-electron chi connectivity index (χ2n) is 10.9. The van der Waals surface area contributed by atoms with Gasteiger partial charge in [0.05, 0.1) is 0 Å². The summed E-state index contributed by atoms with van der Waals surface area (Å²) in [4.78, 5) is 71.6. The summed E-state index contributed by atoms with van der Waals surface area (Å²) >= 11 is 11.8. The van der Waals surface area contributed by atoms with Crippen LogP contribution in [-0.2, 0) is 4.79 Å². The van der Waals surface area contributed by atoms with Crippen molar-refractivity contribution < 1.29 is 14.4 Å². The van der Waals surface area contributed by atoms with Gasteiger partial charge in [-0.15, -0.1) is 20.4 Å². The van der Waals surface area contributed by atoms with Crippen molar-refractivity contribution in [1.29, 1.82) is 0 Å². The quantitative estimate of drug-likeness (QED) is 0.115. The van der Waals surface area contributed by atoms with E-state index in [1.807, 2.05) is 0 Å². The summed E-state index contributed by atoms with van der Waals surface area (Å²) in [5.74, 6) is -3.42.